The quantitative estimate of drug-likeness (QED) is 0.880. The van der Waals surface area contributed by atoms with E-state index < -0.39 is 0 Å². The third-order valence-corrected chi connectivity index (χ3v) is 4.19. The lowest BCUT2D eigenvalue weighted by Gasteiger charge is -2.33. The van der Waals surface area contributed by atoms with Gasteiger partial charge in [-0.2, -0.15) is 5.10 Å². The Morgan fingerprint density at radius 2 is 2.05 bits per heavy atom. The molecule has 0 saturated carbocycles. The van der Waals surface area contributed by atoms with Crippen LogP contribution in [0.4, 0.5) is 11.4 Å². The van der Waals surface area contributed by atoms with Gasteiger partial charge >= 0.3 is 0 Å². The maximum absolute atomic E-state index is 6.13. The van der Waals surface area contributed by atoms with Crippen LogP contribution in [0.3, 0.4) is 0 Å². The molecule has 1 aromatic carbocycles. The van der Waals surface area contributed by atoms with E-state index in [1.54, 1.807) is 11.8 Å². The number of rotatable bonds is 3. The zero-order valence-corrected chi connectivity index (χ0v) is 12.6. The summed E-state index contributed by atoms with van der Waals surface area (Å²) in [6.45, 7) is 2.05. The molecule has 0 radical (unpaired) electrons. The summed E-state index contributed by atoms with van der Waals surface area (Å²) in [7, 11) is 3.71. The van der Waals surface area contributed by atoms with Crippen LogP contribution in [0, 0.1) is 0 Å². The Hall–Kier alpha value is -2.01. The summed E-state index contributed by atoms with van der Waals surface area (Å²) in [4.78, 5) is 2.40. The Labute approximate surface area is 125 Å². The van der Waals surface area contributed by atoms with E-state index in [1.807, 2.05) is 25.5 Å². The van der Waals surface area contributed by atoms with Gasteiger partial charge < -0.3 is 15.4 Å². The number of nitrogens with two attached hydrogens (primary N) is 1. The SMILES string of the molecule is COC1CCN(c2ccc(N)c(-c3cnn(C)c3)c2)CC1. The molecule has 21 heavy (non-hydrogen) atoms. The molecule has 5 heteroatoms. The highest BCUT2D eigenvalue weighted by Crippen LogP contribution is 2.31. The van der Waals surface area contributed by atoms with Crippen LogP contribution >= 0.6 is 0 Å². The van der Waals surface area contributed by atoms with E-state index in [-0.39, 0.29) is 0 Å². The summed E-state index contributed by atoms with van der Waals surface area (Å²) >= 11 is 0. The van der Waals surface area contributed by atoms with Gasteiger partial charge in [0.05, 0.1) is 12.3 Å². The summed E-state index contributed by atoms with van der Waals surface area (Å²) < 4.78 is 7.23. The molecule has 2 N–H and O–H groups in total. The van der Waals surface area contributed by atoms with E-state index in [0.717, 1.165) is 42.7 Å². The van der Waals surface area contributed by atoms with Crippen molar-refractivity contribution in [1.29, 1.82) is 0 Å². The van der Waals surface area contributed by atoms with Gasteiger partial charge in [-0.3, -0.25) is 4.68 Å². The van der Waals surface area contributed by atoms with Crippen LogP contribution in [0.15, 0.2) is 30.6 Å². The Balaban J connectivity index is 1.84. The Kier molecular flexibility index (Phi) is 3.84. The molecule has 1 aromatic heterocycles. The Bertz CT molecular complexity index is 614. The molecular weight excluding hydrogens is 264 g/mol. The lowest BCUT2D eigenvalue weighted by Crippen LogP contribution is -2.36. The van der Waals surface area contributed by atoms with Gasteiger partial charge in [-0.15, -0.1) is 0 Å². The van der Waals surface area contributed by atoms with Gasteiger partial charge in [-0.1, -0.05) is 0 Å². The highest BCUT2D eigenvalue weighted by molar-refractivity contribution is 5.79. The summed E-state index contributed by atoms with van der Waals surface area (Å²) in [5.41, 5.74) is 10.2. The second-order valence-corrected chi connectivity index (χ2v) is 5.60. The second-order valence-electron chi connectivity index (χ2n) is 5.60. The third kappa shape index (κ3) is 2.88. The first kappa shape index (κ1) is 13.9. The molecule has 0 unspecified atom stereocenters. The molecule has 0 amide bonds. The summed E-state index contributed by atoms with van der Waals surface area (Å²) in [6.07, 6.45) is 6.39. The maximum atomic E-state index is 6.13. The van der Waals surface area contributed by atoms with E-state index in [0.29, 0.717) is 6.10 Å². The van der Waals surface area contributed by atoms with Gasteiger partial charge in [0.1, 0.15) is 0 Å². The van der Waals surface area contributed by atoms with Gasteiger partial charge in [-0.05, 0) is 31.0 Å². The molecule has 2 aromatic rings. The fourth-order valence-electron chi connectivity index (χ4n) is 2.90. The lowest BCUT2D eigenvalue weighted by atomic mass is 10.0. The molecule has 0 aliphatic carbocycles. The topological polar surface area (TPSA) is 56.3 Å². The van der Waals surface area contributed by atoms with Crippen LogP contribution in [0.2, 0.25) is 0 Å². The van der Waals surface area contributed by atoms with Crippen molar-refractivity contribution in [3.8, 4) is 11.1 Å². The Morgan fingerprint density at radius 1 is 1.29 bits per heavy atom. The van der Waals surface area contributed by atoms with Crippen molar-refractivity contribution in [2.24, 2.45) is 7.05 Å². The number of aryl methyl sites for hydroxylation is 1. The first-order valence-electron chi connectivity index (χ1n) is 7.33. The van der Waals surface area contributed by atoms with E-state index >= 15 is 0 Å². The van der Waals surface area contributed by atoms with Gasteiger partial charge in [-0.25, -0.2) is 0 Å². The number of piperidine rings is 1. The largest absolute Gasteiger partial charge is 0.398 e. The van der Waals surface area contributed by atoms with E-state index in [9.17, 15) is 0 Å². The normalized spacial score (nSPS) is 16.4. The minimum atomic E-state index is 0.396. The van der Waals surface area contributed by atoms with Crippen molar-refractivity contribution >= 4 is 11.4 Å². The minimum absolute atomic E-state index is 0.396. The van der Waals surface area contributed by atoms with Gasteiger partial charge in [0.25, 0.3) is 0 Å². The highest BCUT2D eigenvalue weighted by Gasteiger charge is 2.19. The summed E-state index contributed by atoms with van der Waals surface area (Å²) in [6, 6.07) is 6.25. The molecule has 0 spiro atoms. The molecule has 3 rings (SSSR count). The fourth-order valence-corrected chi connectivity index (χ4v) is 2.90. The third-order valence-electron chi connectivity index (χ3n) is 4.19. The van der Waals surface area contributed by atoms with Gasteiger partial charge in [0, 0.05) is 55.9 Å². The van der Waals surface area contributed by atoms with Crippen LogP contribution < -0.4 is 10.6 Å². The van der Waals surface area contributed by atoms with Crippen molar-refractivity contribution in [3.63, 3.8) is 0 Å². The molecule has 2 heterocycles. The molecule has 1 fully saturated rings. The average Bonchev–Trinajstić information content (AvgIpc) is 2.94. The number of methoxy groups -OCH3 is 1. The van der Waals surface area contributed by atoms with Gasteiger partial charge in [0.15, 0.2) is 0 Å². The second kappa shape index (κ2) is 5.77. The number of benzene rings is 1. The van der Waals surface area contributed by atoms with Crippen molar-refractivity contribution in [1.82, 2.24) is 9.78 Å². The first-order chi connectivity index (χ1) is 10.2. The fraction of sp³-hybridized carbons (Fsp3) is 0.438. The predicted molar refractivity (Wildman–Crippen MR) is 85.3 cm³/mol. The summed E-state index contributed by atoms with van der Waals surface area (Å²) in [5.74, 6) is 0. The predicted octanol–water partition coefficient (Wildman–Crippen LogP) is 2.28. The molecule has 1 saturated heterocycles. The van der Waals surface area contributed by atoms with Crippen LogP contribution in [-0.4, -0.2) is 36.1 Å². The molecular formula is C16H22N4O. The Morgan fingerprint density at radius 3 is 2.67 bits per heavy atom. The number of anilines is 2. The zero-order chi connectivity index (χ0) is 14.8. The number of nitrogens with zero attached hydrogens (tertiary/aromatic N) is 3. The smallest absolute Gasteiger partial charge is 0.0605 e. The summed E-state index contributed by atoms with van der Waals surface area (Å²) in [5, 5.41) is 4.23. The van der Waals surface area contributed by atoms with Crippen molar-refractivity contribution in [2.45, 2.75) is 18.9 Å². The van der Waals surface area contributed by atoms with Crippen molar-refractivity contribution in [2.75, 3.05) is 30.8 Å². The van der Waals surface area contributed by atoms with Crippen LogP contribution in [0.5, 0.6) is 0 Å². The average molecular weight is 286 g/mol. The van der Waals surface area contributed by atoms with Crippen molar-refractivity contribution in [3.05, 3.63) is 30.6 Å². The van der Waals surface area contributed by atoms with Crippen LogP contribution in [-0.2, 0) is 11.8 Å². The minimum Gasteiger partial charge on any atom is -0.398 e. The number of hydrogen-bond acceptors (Lipinski definition) is 4. The molecule has 1 aliphatic heterocycles. The van der Waals surface area contributed by atoms with E-state index in [2.05, 4.69) is 22.1 Å². The number of hydrogen-bond donors (Lipinski definition) is 1. The lowest BCUT2D eigenvalue weighted by molar-refractivity contribution is 0.0819. The maximum Gasteiger partial charge on any atom is 0.0605 e. The van der Waals surface area contributed by atoms with Gasteiger partial charge in [0.2, 0.25) is 0 Å². The van der Waals surface area contributed by atoms with Crippen LogP contribution in [0.1, 0.15) is 12.8 Å². The molecule has 0 atom stereocenters. The molecule has 1 aliphatic rings. The first-order valence-corrected chi connectivity index (χ1v) is 7.33. The van der Waals surface area contributed by atoms with Crippen molar-refractivity contribution < 1.29 is 4.74 Å². The highest BCUT2D eigenvalue weighted by atomic mass is 16.5. The van der Waals surface area contributed by atoms with E-state index in [1.165, 1.54) is 5.69 Å². The van der Waals surface area contributed by atoms with E-state index in [4.69, 9.17) is 10.5 Å². The molecule has 0 bridgehead atoms. The number of nitrogen functional groups attached to an aromatic ring is 1. The standard InChI is InChI=1S/C16H22N4O/c1-19-11-12(10-18-19)15-9-13(3-4-16(15)17)20-7-5-14(21-2)6-8-20/h3-4,9-11,14H,5-8,17H2,1-2H3. The number of ether oxygens (including phenoxy) is 1. The van der Waals surface area contributed by atoms with Crippen LogP contribution in [0.25, 0.3) is 11.1 Å². The monoisotopic (exact) mass is 286 g/mol. The molecule has 112 valence electrons. The molecule has 5 nitrogen and oxygen atoms in total. The number of aromatic nitrogens is 2. The zero-order valence-electron chi connectivity index (χ0n) is 12.6.